The second-order valence-electron chi connectivity index (χ2n) is 6.68. The third kappa shape index (κ3) is 2.95. The van der Waals surface area contributed by atoms with Crippen LogP contribution in [0.25, 0.3) is 16.7 Å². The maximum absolute atomic E-state index is 13.0. The lowest BCUT2D eigenvalue weighted by molar-refractivity contribution is 0.0938. The van der Waals surface area contributed by atoms with Crippen LogP contribution < -0.4 is 5.32 Å². The predicted octanol–water partition coefficient (Wildman–Crippen LogP) is 4.89. The molecule has 0 spiro atoms. The van der Waals surface area contributed by atoms with Crippen molar-refractivity contribution in [1.29, 1.82) is 5.26 Å². The van der Waals surface area contributed by atoms with Crippen molar-refractivity contribution in [3.05, 3.63) is 89.4 Å². The Kier molecular flexibility index (Phi) is 4.46. The highest BCUT2D eigenvalue weighted by Gasteiger charge is 2.25. The number of fused-ring (bicyclic) bond motifs is 1. The lowest BCUT2D eigenvalue weighted by Gasteiger charge is -2.16. The van der Waals surface area contributed by atoms with Crippen LogP contribution in [0.3, 0.4) is 0 Å². The average molecular weight is 369 g/mol. The molecular weight excluding hydrogens is 350 g/mol. The maximum Gasteiger partial charge on any atom is 0.256 e. The summed E-state index contributed by atoms with van der Waals surface area (Å²) in [6.07, 6.45) is 3.55. The van der Waals surface area contributed by atoms with Gasteiger partial charge in [-0.3, -0.25) is 9.36 Å². The van der Waals surface area contributed by atoms with E-state index in [1.165, 1.54) is 0 Å². The van der Waals surface area contributed by atoms with Crippen molar-refractivity contribution in [3.63, 3.8) is 0 Å². The number of furan rings is 1. The van der Waals surface area contributed by atoms with Crippen LogP contribution >= 0.6 is 0 Å². The normalized spacial score (nSPS) is 11.9. The number of carbonyl (C=O) groups excluding carboxylic acids is 1. The zero-order valence-corrected chi connectivity index (χ0v) is 15.6. The molecule has 1 unspecified atom stereocenters. The molecule has 1 atom stereocenters. The highest BCUT2D eigenvalue weighted by molar-refractivity contribution is 5.99. The van der Waals surface area contributed by atoms with Gasteiger partial charge in [0, 0.05) is 12.4 Å². The molecule has 0 saturated carbocycles. The van der Waals surface area contributed by atoms with E-state index >= 15 is 0 Å². The van der Waals surface area contributed by atoms with Crippen LogP contribution in [0.2, 0.25) is 0 Å². The minimum Gasteiger partial charge on any atom is -0.443 e. The zero-order chi connectivity index (χ0) is 19.7. The number of hydrogen-bond acceptors (Lipinski definition) is 3. The monoisotopic (exact) mass is 369 g/mol. The van der Waals surface area contributed by atoms with E-state index in [-0.39, 0.29) is 23.1 Å². The van der Waals surface area contributed by atoms with Gasteiger partial charge in [0.15, 0.2) is 0 Å². The van der Waals surface area contributed by atoms with Crippen LogP contribution in [0.4, 0.5) is 0 Å². The highest BCUT2D eigenvalue weighted by Crippen LogP contribution is 2.28. The van der Waals surface area contributed by atoms with Gasteiger partial charge in [-0.25, -0.2) is 0 Å². The predicted molar refractivity (Wildman–Crippen MR) is 107 cm³/mol. The minimum absolute atomic E-state index is 0.227. The Balaban J connectivity index is 1.68. The smallest absolute Gasteiger partial charge is 0.256 e. The minimum atomic E-state index is -0.323. The Labute approximate surface area is 162 Å². The topological polar surface area (TPSA) is 71.0 Å². The summed E-state index contributed by atoms with van der Waals surface area (Å²) in [6.45, 7) is 3.64. The van der Waals surface area contributed by atoms with E-state index in [9.17, 15) is 10.1 Å². The highest BCUT2D eigenvalue weighted by atomic mass is 16.4. The van der Waals surface area contributed by atoms with E-state index in [1.807, 2.05) is 61.5 Å². The lowest BCUT2D eigenvalue weighted by Crippen LogP contribution is -2.27. The SMILES string of the molecule is Cc1oc(-n2cccc2)c(C#N)c1C(=O)NC(C)c1cccc2ccccc12. The van der Waals surface area contributed by atoms with Crippen molar-refractivity contribution in [2.24, 2.45) is 0 Å². The fourth-order valence-electron chi connectivity index (χ4n) is 3.53. The summed E-state index contributed by atoms with van der Waals surface area (Å²) in [5, 5.41) is 14.9. The van der Waals surface area contributed by atoms with Crippen LogP contribution in [0, 0.1) is 18.3 Å². The molecule has 5 nitrogen and oxygen atoms in total. The van der Waals surface area contributed by atoms with E-state index in [1.54, 1.807) is 23.9 Å². The fourth-order valence-corrected chi connectivity index (χ4v) is 3.53. The van der Waals surface area contributed by atoms with Crippen LogP contribution in [0.15, 0.2) is 71.4 Å². The molecule has 0 aliphatic rings. The second kappa shape index (κ2) is 7.09. The number of nitrogens with one attached hydrogen (secondary N) is 1. The first kappa shape index (κ1) is 17.6. The van der Waals surface area contributed by atoms with Gasteiger partial charge in [0.05, 0.1) is 6.04 Å². The van der Waals surface area contributed by atoms with Gasteiger partial charge in [0.25, 0.3) is 5.91 Å². The molecule has 4 aromatic rings. The number of nitriles is 1. The third-order valence-corrected chi connectivity index (χ3v) is 4.88. The molecule has 1 N–H and O–H groups in total. The molecule has 0 aliphatic heterocycles. The Bertz CT molecular complexity index is 1190. The fraction of sp³-hybridized carbons (Fsp3) is 0.130. The van der Waals surface area contributed by atoms with Crippen molar-refractivity contribution < 1.29 is 9.21 Å². The first-order valence-corrected chi connectivity index (χ1v) is 9.05. The molecule has 2 aromatic heterocycles. The Morgan fingerprint density at radius 1 is 1.11 bits per heavy atom. The third-order valence-electron chi connectivity index (χ3n) is 4.88. The molecule has 138 valence electrons. The van der Waals surface area contributed by atoms with Crippen LogP contribution in [-0.2, 0) is 0 Å². The number of rotatable bonds is 4. The Hall–Kier alpha value is -3.78. The van der Waals surface area contributed by atoms with Gasteiger partial charge in [0.1, 0.15) is 23.0 Å². The number of benzene rings is 2. The molecule has 0 radical (unpaired) electrons. The quantitative estimate of drug-likeness (QED) is 0.556. The van der Waals surface area contributed by atoms with Crippen LogP contribution in [-0.4, -0.2) is 10.5 Å². The largest absolute Gasteiger partial charge is 0.443 e. The molecule has 4 rings (SSSR count). The van der Waals surface area contributed by atoms with E-state index < -0.39 is 0 Å². The maximum atomic E-state index is 13.0. The molecule has 28 heavy (non-hydrogen) atoms. The summed E-state index contributed by atoms with van der Waals surface area (Å²) in [4.78, 5) is 13.0. The van der Waals surface area contributed by atoms with E-state index in [0.717, 1.165) is 16.3 Å². The summed E-state index contributed by atoms with van der Waals surface area (Å²) in [6, 6.07) is 19.7. The molecule has 2 aromatic carbocycles. The summed E-state index contributed by atoms with van der Waals surface area (Å²) < 4.78 is 7.43. The average Bonchev–Trinajstić information content (AvgIpc) is 3.34. The van der Waals surface area contributed by atoms with Crippen LogP contribution in [0.1, 0.15) is 40.2 Å². The first-order chi connectivity index (χ1) is 13.6. The summed E-state index contributed by atoms with van der Waals surface area (Å²) in [5.41, 5.74) is 1.53. The number of amides is 1. The van der Waals surface area contributed by atoms with E-state index in [4.69, 9.17) is 4.42 Å². The first-order valence-electron chi connectivity index (χ1n) is 9.05. The number of carbonyl (C=O) groups is 1. The molecule has 1 amide bonds. The van der Waals surface area contributed by atoms with Crippen molar-refractivity contribution >= 4 is 16.7 Å². The Morgan fingerprint density at radius 3 is 2.57 bits per heavy atom. The van der Waals surface area contributed by atoms with Gasteiger partial charge in [-0.05, 0) is 42.3 Å². The number of nitrogens with zero attached hydrogens (tertiary/aromatic N) is 2. The van der Waals surface area contributed by atoms with Crippen molar-refractivity contribution in [3.8, 4) is 12.0 Å². The molecule has 0 fully saturated rings. The number of aryl methyl sites for hydroxylation is 1. The standard InChI is InChI=1S/C23H19N3O2/c1-15(18-11-7-9-17-8-3-4-10-19(17)18)25-22(27)21-16(2)28-23(20(21)14-24)26-12-5-6-13-26/h3-13,15H,1-2H3,(H,25,27). The zero-order valence-electron chi connectivity index (χ0n) is 15.6. The summed E-state index contributed by atoms with van der Waals surface area (Å²) in [5.74, 6) is 0.451. The van der Waals surface area contributed by atoms with Gasteiger partial charge in [-0.2, -0.15) is 5.26 Å². The van der Waals surface area contributed by atoms with Gasteiger partial charge in [-0.1, -0.05) is 42.5 Å². The van der Waals surface area contributed by atoms with Gasteiger partial charge >= 0.3 is 0 Å². The molecule has 0 saturated heterocycles. The number of aromatic nitrogens is 1. The molecule has 0 bridgehead atoms. The lowest BCUT2D eigenvalue weighted by atomic mass is 9.99. The molecule has 5 heteroatoms. The molecule has 0 aliphatic carbocycles. The number of hydrogen-bond donors (Lipinski definition) is 1. The van der Waals surface area contributed by atoms with Crippen LogP contribution in [0.5, 0.6) is 0 Å². The van der Waals surface area contributed by atoms with Crippen molar-refractivity contribution in [2.75, 3.05) is 0 Å². The van der Waals surface area contributed by atoms with Gasteiger partial charge in [-0.15, -0.1) is 0 Å². The summed E-state index contributed by atoms with van der Waals surface area (Å²) >= 11 is 0. The second-order valence-corrected chi connectivity index (χ2v) is 6.68. The molecular formula is C23H19N3O2. The van der Waals surface area contributed by atoms with E-state index in [0.29, 0.717) is 11.6 Å². The van der Waals surface area contributed by atoms with E-state index in [2.05, 4.69) is 11.4 Å². The van der Waals surface area contributed by atoms with Crippen molar-refractivity contribution in [1.82, 2.24) is 9.88 Å². The Morgan fingerprint density at radius 2 is 1.82 bits per heavy atom. The van der Waals surface area contributed by atoms with Gasteiger partial charge < -0.3 is 9.73 Å². The summed E-state index contributed by atoms with van der Waals surface area (Å²) in [7, 11) is 0. The van der Waals surface area contributed by atoms with Crippen molar-refractivity contribution in [2.45, 2.75) is 19.9 Å². The van der Waals surface area contributed by atoms with Gasteiger partial charge in [0.2, 0.25) is 5.88 Å². The molecule has 2 heterocycles.